The van der Waals surface area contributed by atoms with Crippen LogP contribution in [0.25, 0.3) is 11.1 Å². The van der Waals surface area contributed by atoms with Gasteiger partial charge in [0, 0.05) is 41.9 Å². The highest BCUT2D eigenvalue weighted by molar-refractivity contribution is 6.33. The molecule has 2 aromatic rings. The zero-order valence-electron chi connectivity index (χ0n) is 18.9. The number of amides is 1. The van der Waals surface area contributed by atoms with Gasteiger partial charge in [-0.25, -0.2) is 4.98 Å². The third-order valence-electron chi connectivity index (χ3n) is 7.37. The number of ether oxygens (including phenoxy) is 1. The molecule has 1 N–H and O–H groups in total. The van der Waals surface area contributed by atoms with Crippen LogP contribution in [0.3, 0.4) is 0 Å². The summed E-state index contributed by atoms with van der Waals surface area (Å²) in [6.45, 7) is 2.04. The van der Waals surface area contributed by atoms with Gasteiger partial charge in [0.2, 0.25) is 5.91 Å². The smallest absolute Gasteiger partial charge is 0.228 e. The summed E-state index contributed by atoms with van der Waals surface area (Å²) in [5.41, 5.74) is 3.09. The number of aromatic nitrogens is 3. The lowest BCUT2D eigenvalue weighted by atomic mass is 9.77. The predicted octanol–water partition coefficient (Wildman–Crippen LogP) is 4.68. The van der Waals surface area contributed by atoms with Gasteiger partial charge < -0.3 is 10.1 Å². The van der Waals surface area contributed by atoms with Gasteiger partial charge >= 0.3 is 0 Å². The summed E-state index contributed by atoms with van der Waals surface area (Å²) in [4.78, 5) is 29.8. The molecule has 4 heterocycles. The Morgan fingerprint density at radius 3 is 2.79 bits per heavy atom. The summed E-state index contributed by atoms with van der Waals surface area (Å²) in [7, 11) is 0. The Labute approximate surface area is 199 Å². The fourth-order valence-electron chi connectivity index (χ4n) is 5.35. The van der Waals surface area contributed by atoms with E-state index in [0.29, 0.717) is 30.5 Å². The standard InChI is InChI=1S/C25H31ClN4O3/c26-21-13-27-24(11-19(21)20-12-28-30-8-3-1-2-7-22(20)30)29-25(32)17-6-4-5-16(9-17)10-23(31)18-14-33-15-18/h11-13,16-18H,1-10,14-15H2,(H,27,29,32)/t16-,17+/m1/s1. The average Bonchev–Trinajstić information content (AvgIpc) is 3.01. The van der Waals surface area contributed by atoms with Crippen LogP contribution in [0.4, 0.5) is 5.82 Å². The number of anilines is 1. The lowest BCUT2D eigenvalue weighted by Gasteiger charge is -2.30. The minimum absolute atomic E-state index is 0.0197. The van der Waals surface area contributed by atoms with Crippen LogP contribution in [0, 0.1) is 17.8 Å². The van der Waals surface area contributed by atoms with Gasteiger partial charge in [-0.1, -0.05) is 24.4 Å². The van der Waals surface area contributed by atoms with Crippen LogP contribution in [0.2, 0.25) is 5.02 Å². The molecule has 0 bridgehead atoms. The van der Waals surface area contributed by atoms with Gasteiger partial charge in [0.1, 0.15) is 11.6 Å². The van der Waals surface area contributed by atoms with Crippen molar-refractivity contribution in [1.82, 2.24) is 14.8 Å². The first kappa shape index (κ1) is 22.5. The maximum Gasteiger partial charge on any atom is 0.228 e. The van der Waals surface area contributed by atoms with E-state index in [-0.39, 0.29) is 29.4 Å². The van der Waals surface area contributed by atoms with Gasteiger partial charge in [-0.15, -0.1) is 0 Å². The highest BCUT2D eigenvalue weighted by Gasteiger charge is 2.32. The number of fused-ring (bicyclic) bond motifs is 1. The monoisotopic (exact) mass is 470 g/mol. The lowest BCUT2D eigenvalue weighted by Crippen LogP contribution is -2.36. The maximum atomic E-state index is 13.1. The summed E-state index contributed by atoms with van der Waals surface area (Å²) in [6, 6.07) is 1.86. The molecule has 5 rings (SSSR count). The Hall–Kier alpha value is -2.25. The van der Waals surface area contributed by atoms with Crippen molar-refractivity contribution in [2.45, 2.75) is 64.3 Å². The molecule has 0 aromatic carbocycles. The number of nitrogens with zero attached hydrogens (tertiary/aromatic N) is 3. The third-order valence-corrected chi connectivity index (χ3v) is 7.67. The molecule has 2 aromatic heterocycles. The Balaban J connectivity index is 1.26. The summed E-state index contributed by atoms with van der Waals surface area (Å²) >= 11 is 6.51. The number of ketones is 1. The Kier molecular flexibility index (Phi) is 6.79. The molecule has 0 spiro atoms. The predicted molar refractivity (Wildman–Crippen MR) is 126 cm³/mol. The molecular weight excluding hydrogens is 440 g/mol. The number of aryl methyl sites for hydroxylation is 1. The van der Waals surface area contributed by atoms with Gasteiger partial charge in [0.05, 0.1) is 30.4 Å². The molecule has 2 atom stereocenters. The second-order valence-electron chi connectivity index (χ2n) is 9.71. The molecular formula is C25H31ClN4O3. The highest BCUT2D eigenvalue weighted by Crippen LogP contribution is 2.35. The molecule has 2 aliphatic heterocycles. The summed E-state index contributed by atoms with van der Waals surface area (Å²) < 4.78 is 7.23. The minimum atomic E-state index is -0.0949. The summed E-state index contributed by atoms with van der Waals surface area (Å²) in [6.07, 6.45) is 12.1. The lowest BCUT2D eigenvalue weighted by molar-refractivity contribution is -0.138. The number of carbonyl (C=O) groups is 2. The van der Waals surface area contributed by atoms with Crippen LogP contribution in [0.5, 0.6) is 0 Å². The first-order valence-corrected chi connectivity index (χ1v) is 12.6. The summed E-state index contributed by atoms with van der Waals surface area (Å²) in [5, 5.41) is 8.14. The van der Waals surface area contributed by atoms with Crippen molar-refractivity contribution >= 4 is 29.1 Å². The zero-order chi connectivity index (χ0) is 22.8. The fourth-order valence-corrected chi connectivity index (χ4v) is 5.56. The molecule has 1 saturated heterocycles. The van der Waals surface area contributed by atoms with E-state index in [2.05, 4.69) is 20.1 Å². The first-order chi connectivity index (χ1) is 16.1. The number of pyridine rings is 1. The van der Waals surface area contributed by atoms with E-state index in [1.807, 2.05) is 12.3 Å². The zero-order valence-corrected chi connectivity index (χ0v) is 19.6. The van der Waals surface area contributed by atoms with E-state index in [1.165, 1.54) is 12.1 Å². The average molecular weight is 471 g/mol. The van der Waals surface area contributed by atoms with Crippen LogP contribution in [0.1, 0.15) is 57.1 Å². The molecule has 7 nitrogen and oxygen atoms in total. The molecule has 2 fully saturated rings. The highest BCUT2D eigenvalue weighted by atomic mass is 35.5. The molecule has 0 unspecified atom stereocenters. The SMILES string of the molecule is O=C(C[C@@H]1CCC[C@H](C(=O)Nc2cc(-c3cnn4c3CCCCC4)c(Cl)cn2)C1)C1COC1. The normalized spacial score (nSPS) is 23.3. The number of rotatable bonds is 6. The second kappa shape index (κ2) is 9.94. The van der Waals surface area contributed by atoms with Gasteiger partial charge in [-0.3, -0.25) is 14.3 Å². The minimum Gasteiger partial charge on any atom is -0.380 e. The van der Waals surface area contributed by atoms with E-state index < -0.39 is 0 Å². The molecule has 0 radical (unpaired) electrons. The Bertz CT molecular complexity index is 1030. The van der Waals surface area contributed by atoms with Crippen molar-refractivity contribution < 1.29 is 14.3 Å². The molecule has 1 aliphatic carbocycles. The van der Waals surface area contributed by atoms with Gasteiger partial charge in [0.15, 0.2) is 0 Å². The van der Waals surface area contributed by atoms with Crippen molar-refractivity contribution in [3.05, 3.63) is 29.2 Å². The Morgan fingerprint density at radius 1 is 1.09 bits per heavy atom. The number of halogens is 1. The molecule has 176 valence electrons. The largest absolute Gasteiger partial charge is 0.380 e. The molecule has 1 saturated carbocycles. The van der Waals surface area contributed by atoms with Crippen molar-refractivity contribution in [2.75, 3.05) is 18.5 Å². The Morgan fingerprint density at radius 2 is 1.97 bits per heavy atom. The van der Waals surface area contributed by atoms with Crippen molar-refractivity contribution in [1.29, 1.82) is 0 Å². The molecule has 1 amide bonds. The third kappa shape index (κ3) is 4.99. The first-order valence-electron chi connectivity index (χ1n) is 12.2. The van der Waals surface area contributed by atoms with Gasteiger partial charge in [-0.05, 0) is 50.5 Å². The van der Waals surface area contributed by atoms with E-state index in [1.54, 1.807) is 6.20 Å². The van der Waals surface area contributed by atoms with Crippen LogP contribution in [0.15, 0.2) is 18.5 Å². The van der Waals surface area contributed by atoms with Crippen molar-refractivity contribution in [3.63, 3.8) is 0 Å². The van der Waals surface area contributed by atoms with Crippen molar-refractivity contribution in [3.8, 4) is 11.1 Å². The van der Waals surface area contributed by atoms with Gasteiger partial charge in [-0.2, -0.15) is 5.10 Å². The maximum absolute atomic E-state index is 13.1. The number of Topliss-reactive ketones (excluding diaryl/α,β-unsaturated/α-hetero) is 1. The quantitative estimate of drug-likeness (QED) is 0.662. The number of hydrogen-bond acceptors (Lipinski definition) is 5. The van der Waals surface area contributed by atoms with Crippen LogP contribution in [-0.2, 0) is 27.3 Å². The molecule has 3 aliphatic rings. The van der Waals surface area contributed by atoms with Crippen LogP contribution >= 0.6 is 11.6 Å². The van der Waals surface area contributed by atoms with E-state index in [9.17, 15) is 9.59 Å². The van der Waals surface area contributed by atoms with E-state index in [0.717, 1.165) is 62.6 Å². The van der Waals surface area contributed by atoms with Crippen LogP contribution in [-0.4, -0.2) is 39.7 Å². The van der Waals surface area contributed by atoms with Gasteiger partial charge in [0.25, 0.3) is 0 Å². The van der Waals surface area contributed by atoms with E-state index in [4.69, 9.17) is 16.3 Å². The number of hydrogen-bond donors (Lipinski definition) is 1. The van der Waals surface area contributed by atoms with Crippen molar-refractivity contribution in [2.24, 2.45) is 17.8 Å². The molecule has 8 heteroatoms. The fraction of sp³-hybridized carbons (Fsp3) is 0.600. The summed E-state index contributed by atoms with van der Waals surface area (Å²) in [5.74, 6) is 1.03. The molecule has 33 heavy (non-hydrogen) atoms. The number of carbonyl (C=O) groups excluding carboxylic acids is 2. The second-order valence-corrected chi connectivity index (χ2v) is 10.1. The topological polar surface area (TPSA) is 86.1 Å². The van der Waals surface area contributed by atoms with E-state index >= 15 is 0 Å². The number of nitrogens with one attached hydrogen (secondary N) is 1. The van der Waals surface area contributed by atoms with Crippen LogP contribution < -0.4 is 5.32 Å².